The van der Waals surface area contributed by atoms with Crippen LogP contribution in [0.4, 0.5) is 5.82 Å². The number of hydrogen-bond donors (Lipinski definition) is 2. The topological polar surface area (TPSA) is 93.2 Å². The van der Waals surface area contributed by atoms with E-state index < -0.39 is 17.2 Å². The molecule has 0 saturated carbocycles. The van der Waals surface area contributed by atoms with Gasteiger partial charge in [-0.1, -0.05) is 53.5 Å². The van der Waals surface area contributed by atoms with Gasteiger partial charge in [0, 0.05) is 47.0 Å². The molecule has 2 aromatic carbocycles. The summed E-state index contributed by atoms with van der Waals surface area (Å²) in [6.07, 6.45) is 0.560. The van der Waals surface area contributed by atoms with E-state index in [2.05, 4.69) is 10.3 Å². The number of aromatic amines is 1. The van der Waals surface area contributed by atoms with E-state index in [1.807, 2.05) is 12.1 Å². The number of allylic oxidation sites excluding steroid dienone is 1. The Labute approximate surface area is 198 Å². The average molecular weight is 484 g/mol. The first kappa shape index (κ1) is 21.7. The van der Waals surface area contributed by atoms with Gasteiger partial charge < -0.3 is 10.1 Å². The summed E-state index contributed by atoms with van der Waals surface area (Å²) in [7, 11) is 1.58. The molecule has 0 saturated heterocycles. The number of methoxy groups -OCH3 is 1. The molecule has 0 fully saturated rings. The second kappa shape index (κ2) is 8.33. The molecule has 2 N–H and O–H groups in total. The zero-order valence-electron chi connectivity index (χ0n) is 17.6. The van der Waals surface area contributed by atoms with Crippen molar-refractivity contribution in [2.75, 3.05) is 19.0 Å². The van der Waals surface area contributed by atoms with Crippen LogP contribution in [0.2, 0.25) is 10.0 Å². The molecule has 2 aliphatic rings. The fraction of sp³-hybridized carbons (Fsp3) is 0.208. The summed E-state index contributed by atoms with van der Waals surface area (Å²) < 4.78 is 6.60. The lowest BCUT2D eigenvalue weighted by Crippen LogP contribution is -2.38. The van der Waals surface area contributed by atoms with Crippen LogP contribution in [-0.2, 0) is 11.3 Å². The fourth-order valence-corrected chi connectivity index (χ4v) is 5.11. The van der Waals surface area contributed by atoms with Crippen molar-refractivity contribution in [1.29, 1.82) is 0 Å². The molecule has 1 aliphatic carbocycles. The summed E-state index contributed by atoms with van der Waals surface area (Å²) in [6, 6.07) is 12.2. The first-order valence-corrected chi connectivity index (χ1v) is 11.1. The van der Waals surface area contributed by atoms with Crippen LogP contribution in [-0.4, -0.2) is 29.1 Å². The number of ketones is 1. The number of nitrogens with one attached hydrogen (secondary N) is 2. The molecule has 0 amide bonds. The molecule has 2 heterocycles. The first-order valence-electron chi connectivity index (χ1n) is 10.4. The minimum atomic E-state index is -0.779. The van der Waals surface area contributed by atoms with Gasteiger partial charge in [0.2, 0.25) is 0 Å². The van der Waals surface area contributed by atoms with E-state index in [9.17, 15) is 14.4 Å². The van der Waals surface area contributed by atoms with E-state index in [1.54, 1.807) is 37.4 Å². The Morgan fingerprint density at radius 2 is 1.82 bits per heavy atom. The van der Waals surface area contributed by atoms with Crippen molar-refractivity contribution in [3.63, 3.8) is 0 Å². The maximum absolute atomic E-state index is 13.5. The number of fused-ring (bicyclic) bond motifs is 3. The van der Waals surface area contributed by atoms with Crippen molar-refractivity contribution in [2.24, 2.45) is 0 Å². The molecule has 9 heteroatoms. The van der Waals surface area contributed by atoms with Crippen LogP contribution in [0.3, 0.4) is 0 Å². The predicted molar refractivity (Wildman–Crippen MR) is 127 cm³/mol. The lowest BCUT2D eigenvalue weighted by atomic mass is 9.81. The Kier molecular flexibility index (Phi) is 5.48. The maximum Gasteiger partial charge on any atom is 0.329 e. The summed E-state index contributed by atoms with van der Waals surface area (Å²) >= 11 is 12.7. The molecule has 0 radical (unpaired) electrons. The minimum Gasteiger partial charge on any atom is -0.385 e. The second-order valence-electron chi connectivity index (χ2n) is 7.91. The molecule has 0 spiro atoms. The van der Waals surface area contributed by atoms with Gasteiger partial charge in [-0.3, -0.25) is 19.1 Å². The Balaban J connectivity index is 1.81. The maximum atomic E-state index is 13.5. The van der Waals surface area contributed by atoms with Crippen LogP contribution < -0.4 is 16.6 Å². The number of Topliss-reactive ketones (excluding diaryl/α,β-unsaturated/α-hetero) is 1. The van der Waals surface area contributed by atoms with E-state index >= 15 is 0 Å². The van der Waals surface area contributed by atoms with E-state index in [-0.39, 0.29) is 11.3 Å². The molecule has 1 aliphatic heterocycles. The molecule has 7 nitrogen and oxygen atoms in total. The van der Waals surface area contributed by atoms with E-state index in [0.717, 1.165) is 5.56 Å². The number of anilines is 1. The van der Waals surface area contributed by atoms with Crippen molar-refractivity contribution in [3.8, 4) is 0 Å². The Morgan fingerprint density at radius 3 is 2.55 bits per heavy atom. The van der Waals surface area contributed by atoms with Gasteiger partial charge in [0.15, 0.2) is 5.78 Å². The minimum absolute atomic E-state index is 0.189. The number of halogens is 2. The first-order chi connectivity index (χ1) is 15.9. The molecule has 1 atom stereocenters. The SMILES string of the molecule is COCCCn1c2c(c(=O)[nH]c1=O)C(c1ccc(Cl)cc1Cl)C1=C(N2)c2ccccc2C1=O. The lowest BCUT2D eigenvalue weighted by Gasteiger charge is -2.30. The normalized spacial score (nSPS) is 16.3. The number of carbonyl (C=O) groups is 1. The fourth-order valence-electron chi connectivity index (χ4n) is 4.59. The van der Waals surface area contributed by atoms with E-state index in [4.69, 9.17) is 27.9 Å². The number of benzene rings is 2. The summed E-state index contributed by atoms with van der Waals surface area (Å²) in [5.74, 6) is -0.621. The van der Waals surface area contributed by atoms with E-state index in [1.165, 1.54) is 4.57 Å². The largest absolute Gasteiger partial charge is 0.385 e. The van der Waals surface area contributed by atoms with Gasteiger partial charge in [-0.25, -0.2) is 4.79 Å². The third-order valence-corrected chi connectivity index (χ3v) is 6.58. The summed E-state index contributed by atoms with van der Waals surface area (Å²) in [5, 5.41) is 4.01. The number of aromatic nitrogens is 2. The van der Waals surface area contributed by atoms with E-state index in [0.29, 0.717) is 57.8 Å². The molecular formula is C24H19Cl2N3O4. The summed E-state index contributed by atoms with van der Waals surface area (Å²) in [6.45, 7) is 0.764. The second-order valence-corrected chi connectivity index (χ2v) is 8.75. The zero-order chi connectivity index (χ0) is 23.3. The van der Waals surface area contributed by atoms with Crippen LogP contribution in [0.5, 0.6) is 0 Å². The third kappa shape index (κ3) is 3.44. The third-order valence-electron chi connectivity index (χ3n) is 6.01. The average Bonchev–Trinajstić information content (AvgIpc) is 3.07. The van der Waals surface area contributed by atoms with Crippen molar-refractivity contribution in [2.45, 2.75) is 18.9 Å². The molecule has 0 bridgehead atoms. The highest BCUT2D eigenvalue weighted by Crippen LogP contribution is 2.49. The van der Waals surface area contributed by atoms with Crippen LogP contribution in [0.25, 0.3) is 5.70 Å². The monoisotopic (exact) mass is 483 g/mol. The number of nitrogens with zero attached hydrogens (tertiary/aromatic N) is 1. The molecule has 1 unspecified atom stereocenters. The molecular weight excluding hydrogens is 465 g/mol. The number of H-pyrrole nitrogens is 1. The molecule has 33 heavy (non-hydrogen) atoms. The Hall–Kier alpha value is -3.13. The molecule has 5 rings (SSSR count). The summed E-state index contributed by atoms with van der Waals surface area (Å²) in [4.78, 5) is 41.8. The van der Waals surface area contributed by atoms with Gasteiger partial charge in [-0.2, -0.15) is 0 Å². The number of rotatable bonds is 5. The van der Waals surface area contributed by atoms with Gasteiger partial charge in [0.25, 0.3) is 5.56 Å². The van der Waals surface area contributed by atoms with Crippen LogP contribution >= 0.6 is 23.2 Å². The van der Waals surface area contributed by atoms with Crippen molar-refractivity contribution < 1.29 is 9.53 Å². The number of carbonyl (C=O) groups excluding carboxylic acids is 1. The van der Waals surface area contributed by atoms with Gasteiger partial charge in [-0.05, 0) is 24.1 Å². The highest BCUT2D eigenvalue weighted by molar-refractivity contribution is 6.35. The number of ether oxygens (including phenoxy) is 1. The van der Waals surface area contributed by atoms with Gasteiger partial charge in [0.1, 0.15) is 5.82 Å². The van der Waals surface area contributed by atoms with Crippen molar-refractivity contribution in [3.05, 3.63) is 101 Å². The predicted octanol–water partition coefficient (Wildman–Crippen LogP) is 4.04. The number of hydrogen-bond acceptors (Lipinski definition) is 5. The van der Waals surface area contributed by atoms with Crippen molar-refractivity contribution in [1.82, 2.24) is 9.55 Å². The summed E-state index contributed by atoms with van der Waals surface area (Å²) in [5.41, 5.74) is 1.95. The smallest absolute Gasteiger partial charge is 0.329 e. The van der Waals surface area contributed by atoms with Gasteiger partial charge in [0.05, 0.1) is 17.2 Å². The van der Waals surface area contributed by atoms with Crippen LogP contribution in [0.1, 0.15) is 39.4 Å². The molecule has 168 valence electrons. The lowest BCUT2D eigenvalue weighted by molar-refractivity contribution is 0.103. The molecule has 1 aromatic heterocycles. The molecule has 3 aromatic rings. The standard InChI is InChI=1S/C24H19Cl2N3O4/c1-33-10-4-9-29-22-19(23(31)28-24(29)32)17(15-8-7-12(25)11-16(15)26)18-20(27-22)13-5-2-3-6-14(13)21(18)30/h2-3,5-8,11,17,27H,4,9-10H2,1H3,(H,28,31,32). The van der Waals surface area contributed by atoms with Crippen LogP contribution in [0, 0.1) is 0 Å². The van der Waals surface area contributed by atoms with Crippen LogP contribution in [0.15, 0.2) is 57.6 Å². The van der Waals surface area contributed by atoms with Gasteiger partial charge in [-0.15, -0.1) is 0 Å². The van der Waals surface area contributed by atoms with Gasteiger partial charge >= 0.3 is 5.69 Å². The Morgan fingerprint density at radius 1 is 1.06 bits per heavy atom. The van der Waals surface area contributed by atoms with Crippen molar-refractivity contribution >= 4 is 40.5 Å². The zero-order valence-corrected chi connectivity index (χ0v) is 19.1. The quantitative estimate of drug-likeness (QED) is 0.534. The highest BCUT2D eigenvalue weighted by atomic mass is 35.5. The Bertz CT molecular complexity index is 1450. The highest BCUT2D eigenvalue weighted by Gasteiger charge is 2.43.